The predicted molar refractivity (Wildman–Crippen MR) is 87.4 cm³/mol. The molecule has 4 heteroatoms. The van der Waals surface area contributed by atoms with Crippen LogP contribution < -0.4 is 10.6 Å². The largest absolute Gasteiger partial charge is 0.368 e. The number of aryl methyl sites for hydroxylation is 1. The van der Waals surface area contributed by atoms with Crippen LogP contribution in [-0.4, -0.2) is 43.0 Å². The zero-order chi connectivity index (χ0) is 15.4. The molecule has 0 aromatic heterocycles. The van der Waals surface area contributed by atoms with E-state index in [2.05, 4.69) is 43.0 Å². The fraction of sp³-hybridized carbons (Fsp3) is 0.588. The summed E-state index contributed by atoms with van der Waals surface area (Å²) >= 11 is 0. The highest BCUT2D eigenvalue weighted by Crippen LogP contribution is 2.21. The molecule has 2 rings (SSSR count). The van der Waals surface area contributed by atoms with E-state index in [0.717, 1.165) is 32.6 Å². The Morgan fingerprint density at radius 3 is 2.43 bits per heavy atom. The summed E-state index contributed by atoms with van der Waals surface area (Å²) in [6.45, 7) is 9.54. The van der Waals surface area contributed by atoms with Crippen LogP contribution in [0.15, 0.2) is 24.3 Å². The molecule has 1 aromatic carbocycles. The number of nitrogens with two attached hydrogens (primary N) is 1. The minimum atomic E-state index is -0.361. The van der Waals surface area contributed by atoms with E-state index in [1.807, 2.05) is 11.8 Å². The van der Waals surface area contributed by atoms with Crippen molar-refractivity contribution in [3.05, 3.63) is 29.8 Å². The third-order valence-electron chi connectivity index (χ3n) is 4.59. The zero-order valence-corrected chi connectivity index (χ0v) is 13.4. The van der Waals surface area contributed by atoms with Crippen molar-refractivity contribution in [1.82, 2.24) is 4.90 Å². The van der Waals surface area contributed by atoms with Gasteiger partial charge in [0.15, 0.2) is 0 Å². The van der Waals surface area contributed by atoms with Crippen molar-refractivity contribution in [2.45, 2.75) is 33.2 Å². The van der Waals surface area contributed by atoms with Crippen LogP contribution in [0.25, 0.3) is 0 Å². The quantitative estimate of drug-likeness (QED) is 0.922. The summed E-state index contributed by atoms with van der Waals surface area (Å²) in [5.41, 5.74) is 8.63. The fourth-order valence-electron chi connectivity index (χ4n) is 2.79. The SMILES string of the molecule is CCC(C)C(N)C(=O)N1CCN(c2ccccc2C)CC1. The van der Waals surface area contributed by atoms with E-state index >= 15 is 0 Å². The number of nitrogens with zero attached hydrogens (tertiary/aromatic N) is 2. The molecule has 1 aromatic rings. The Morgan fingerprint density at radius 1 is 1.24 bits per heavy atom. The lowest BCUT2D eigenvalue weighted by Gasteiger charge is -2.38. The number of carbonyl (C=O) groups is 1. The van der Waals surface area contributed by atoms with Crippen LogP contribution in [0.4, 0.5) is 5.69 Å². The first kappa shape index (κ1) is 15.8. The van der Waals surface area contributed by atoms with Gasteiger partial charge < -0.3 is 15.5 Å². The normalized spacial score (nSPS) is 18.5. The molecule has 1 aliphatic heterocycles. The van der Waals surface area contributed by atoms with Crippen molar-refractivity contribution in [2.24, 2.45) is 11.7 Å². The number of amides is 1. The molecule has 2 atom stereocenters. The van der Waals surface area contributed by atoms with E-state index in [-0.39, 0.29) is 17.9 Å². The van der Waals surface area contributed by atoms with E-state index in [9.17, 15) is 4.79 Å². The third-order valence-corrected chi connectivity index (χ3v) is 4.59. The molecular formula is C17H27N3O. The molecule has 1 saturated heterocycles. The highest BCUT2D eigenvalue weighted by molar-refractivity contribution is 5.82. The topological polar surface area (TPSA) is 49.6 Å². The van der Waals surface area contributed by atoms with Crippen molar-refractivity contribution >= 4 is 11.6 Å². The molecule has 0 radical (unpaired) electrons. The van der Waals surface area contributed by atoms with Gasteiger partial charge >= 0.3 is 0 Å². The van der Waals surface area contributed by atoms with Gasteiger partial charge in [-0.15, -0.1) is 0 Å². The van der Waals surface area contributed by atoms with E-state index < -0.39 is 0 Å². The smallest absolute Gasteiger partial charge is 0.239 e. The Hall–Kier alpha value is -1.55. The number of para-hydroxylation sites is 1. The molecule has 0 bridgehead atoms. The first-order valence-electron chi connectivity index (χ1n) is 7.89. The number of benzene rings is 1. The average Bonchev–Trinajstić information content (AvgIpc) is 2.53. The van der Waals surface area contributed by atoms with E-state index in [0.29, 0.717) is 0 Å². The summed E-state index contributed by atoms with van der Waals surface area (Å²) in [5, 5.41) is 0. The van der Waals surface area contributed by atoms with Crippen molar-refractivity contribution in [3.63, 3.8) is 0 Å². The minimum Gasteiger partial charge on any atom is -0.368 e. The van der Waals surface area contributed by atoms with Crippen molar-refractivity contribution in [2.75, 3.05) is 31.1 Å². The molecule has 21 heavy (non-hydrogen) atoms. The van der Waals surface area contributed by atoms with Gasteiger partial charge in [0.05, 0.1) is 6.04 Å². The van der Waals surface area contributed by atoms with Gasteiger partial charge in [-0.2, -0.15) is 0 Å². The average molecular weight is 289 g/mol. The number of hydrogen-bond donors (Lipinski definition) is 1. The van der Waals surface area contributed by atoms with Crippen molar-refractivity contribution in [1.29, 1.82) is 0 Å². The van der Waals surface area contributed by atoms with Crippen molar-refractivity contribution in [3.8, 4) is 0 Å². The van der Waals surface area contributed by atoms with E-state index in [4.69, 9.17) is 5.73 Å². The van der Waals surface area contributed by atoms with Crippen LogP contribution in [-0.2, 0) is 4.79 Å². The van der Waals surface area contributed by atoms with Gasteiger partial charge in [-0.05, 0) is 24.5 Å². The van der Waals surface area contributed by atoms with Gasteiger partial charge in [0.2, 0.25) is 5.91 Å². The van der Waals surface area contributed by atoms with Gasteiger partial charge in [0.25, 0.3) is 0 Å². The molecule has 1 heterocycles. The summed E-state index contributed by atoms with van der Waals surface area (Å²) in [6.07, 6.45) is 0.941. The maximum Gasteiger partial charge on any atom is 0.239 e. The maximum absolute atomic E-state index is 12.4. The Balaban J connectivity index is 1.94. The lowest BCUT2D eigenvalue weighted by atomic mass is 9.98. The summed E-state index contributed by atoms with van der Waals surface area (Å²) in [6, 6.07) is 8.05. The zero-order valence-electron chi connectivity index (χ0n) is 13.4. The van der Waals surface area contributed by atoms with E-state index in [1.54, 1.807) is 0 Å². The van der Waals surface area contributed by atoms with E-state index in [1.165, 1.54) is 11.3 Å². The monoisotopic (exact) mass is 289 g/mol. The Morgan fingerprint density at radius 2 is 1.86 bits per heavy atom. The molecule has 2 N–H and O–H groups in total. The number of carbonyl (C=O) groups excluding carboxylic acids is 1. The van der Waals surface area contributed by atoms with Gasteiger partial charge in [0.1, 0.15) is 0 Å². The Bertz CT molecular complexity index is 481. The Labute approximate surface area is 127 Å². The number of piperazine rings is 1. The lowest BCUT2D eigenvalue weighted by Crippen LogP contribution is -2.54. The van der Waals surface area contributed by atoms with Gasteiger partial charge in [-0.3, -0.25) is 4.79 Å². The molecule has 2 unspecified atom stereocenters. The first-order chi connectivity index (χ1) is 10.0. The lowest BCUT2D eigenvalue weighted by molar-refractivity contribution is -0.134. The second-order valence-corrected chi connectivity index (χ2v) is 6.01. The fourth-order valence-corrected chi connectivity index (χ4v) is 2.79. The third kappa shape index (κ3) is 3.56. The first-order valence-corrected chi connectivity index (χ1v) is 7.89. The number of rotatable bonds is 4. The maximum atomic E-state index is 12.4. The van der Waals surface area contributed by atoms with Crippen LogP contribution in [0.5, 0.6) is 0 Å². The standard InChI is InChI=1S/C17H27N3O/c1-4-13(2)16(18)17(21)20-11-9-19(10-12-20)15-8-6-5-7-14(15)3/h5-8,13,16H,4,9-12,18H2,1-3H3. The molecule has 1 amide bonds. The molecular weight excluding hydrogens is 262 g/mol. The molecule has 0 aliphatic carbocycles. The van der Waals surface area contributed by atoms with Gasteiger partial charge in [-0.25, -0.2) is 0 Å². The second kappa shape index (κ2) is 6.94. The second-order valence-electron chi connectivity index (χ2n) is 6.01. The molecule has 1 aliphatic rings. The van der Waals surface area contributed by atoms with Crippen LogP contribution >= 0.6 is 0 Å². The summed E-state index contributed by atoms with van der Waals surface area (Å²) < 4.78 is 0. The summed E-state index contributed by atoms with van der Waals surface area (Å²) in [5.74, 6) is 0.348. The van der Waals surface area contributed by atoms with Crippen LogP contribution in [0.1, 0.15) is 25.8 Å². The van der Waals surface area contributed by atoms with Gasteiger partial charge in [0, 0.05) is 31.9 Å². The number of anilines is 1. The molecule has 0 saturated carbocycles. The molecule has 4 nitrogen and oxygen atoms in total. The van der Waals surface area contributed by atoms with Crippen LogP contribution in [0.2, 0.25) is 0 Å². The number of hydrogen-bond acceptors (Lipinski definition) is 3. The molecule has 1 fully saturated rings. The molecule has 0 spiro atoms. The highest BCUT2D eigenvalue weighted by Gasteiger charge is 2.28. The summed E-state index contributed by atoms with van der Waals surface area (Å²) in [4.78, 5) is 16.7. The summed E-state index contributed by atoms with van der Waals surface area (Å²) in [7, 11) is 0. The minimum absolute atomic E-state index is 0.105. The molecule has 116 valence electrons. The van der Waals surface area contributed by atoms with Crippen LogP contribution in [0.3, 0.4) is 0 Å². The predicted octanol–water partition coefficient (Wildman–Crippen LogP) is 2.02. The van der Waals surface area contributed by atoms with Crippen LogP contribution in [0, 0.1) is 12.8 Å². The van der Waals surface area contributed by atoms with Crippen molar-refractivity contribution < 1.29 is 4.79 Å². The highest BCUT2D eigenvalue weighted by atomic mass is 16.2. The Kier molecular flexibility index (Phi) is 5.23. The van der Waals surface area contributed by atoms with Gasteiger partial charge in [-0.1, -0.05) is 38.5 Å².